The van der Waals surface area contributed by atoms with Crippen molar-refractivity contribution >= 4 is 11.7 Å². The van der Waals surface area contributed by atoms with Crippen LogP contribution < -0.4 is 11.1 Å². The van der Waals surface area contributed by atoms with Crippen molar-refractivity contribution in [3.63, 3.8) is 0 Å². The van der Waals surface area contributed by atoms with Crippen molar-refractivity contribution in [2.24, 2.45) is 17.6 Å². The molecule has 3 N–H and O–H groups in total. The third-order valence-corrected chi connectivity index (χ3v) is 7.08. The number of amides is 1. The van der Waals surface area contributed by atoms with Gasteiger partial charge in [0.2, 0.25) is 5.91 Å². The number of nitrogens with two attached hydrogens (primary N) is 1. The van der Waals surface area contributed by atoms with Crippen LogP contribution in [-0.4, -0.2) is 24.8 Å². The molecule has 1 fully saturated rings. The standard InChI is InChI=1S/C30H42N2O2/c1-23(33)21-29(27-15-16-27)28-11-5-9-26(22-28)13-12-25(18-19-31)14-17-30(34)32-20-6-10-24-7-3-2-4-8-24/h2-5,7-9,11,22,25,27,29H,6,10,12-21,31H2,1H3,(H,32,34). The van der Waals surface area contributed by atoms with Gasteiger partial charge in [0.1, 0.15) is 5.78 Å². The SMILES string of the molecule is CC(=O)CC(c1cccc(CCC(CCN)CCC(=O)NCCCc2ccccc2)c1)C1CC1. The molecule has 184 valence electrons. The van der Waals surface area contributed by atoms with E-state index in [1.54, 1.807) is 6.92 Å². The summed E-state index contributed by atoms with van der Waals surface area (Å²) < 4.78 is 0. The largest absolute Gasteiger partial charge is 0.356 e. The van der Waals surface area contributed by atoms with Crippen molar-refractivity contribution in [2.45, 2.75) is 77.0 Å². The van der Waals surface area contributed by atoms with Gasteiger partial charge in [0.15, 0.2) is 0 Å². The molecule has 0 spiro atoms. The fourth-order valence-electron chi connectivity index (χ4n) is 4.97. The van der Waals surface area contributed by atoms with Crippen molar-refractivity contribution in [3.8, 4) is 0 Å². The molecular formula is C30H42N2O2. The summed E-state index contributed by atoms with van der Waals surface area (Å²) in [5, 5.41) is 3.08. The van der Waals surface area contributed by atoms with E-state index in [4.69, 9.17) is 5.73 Å². The minimum atomic E-state index is 0.147. The lowest BCUT2D eigenvalue weighted by Crippen LogP contribution is -2.25. The molecule has 2 atom stereocenters. The summed E-state index contributed by atoms with van der Waals surface area (Å²) in [7, 11) is 0. The number of rotatable bonds is 16. The summed E-state index contributed by atoms with van der Waals surface area (Å²) in [6.07, 6.45) is 9.55. The smallest absolute Gasteiger partial charge is 0.220 e. The monoisotopic (exact) mass is 462 g/mol. The Morgan fingerprint density at radius 1 is 0.971 bits per heavy atom. The number of carbonyl (C=O) groups is 2. The Morgan fingerprint density at radius 3 is 2.44 bits per heavy atom. The van der Waals surface area contributed by atoms with Gasteiger partial charge in [-0.3, -0.25) is 4.79 Å². The molecule has 3 rings (SSSR count). The van der Waals surface area contributed by atoms with Crippen LogP contribution in [0.15, 0.2) is 54.6 Å². The first kappa shape index (κ1) is 26.2. The van der Waals surface area contributed by atoms with E-state index in [1.165, 1.54) is 29.5 Å². The van der Waals surface area contributed by atoms with Gasteiger partial charge < -0.3 is 15.8 Å². The van der Waals surface area contributed by atoms with Crippen molar-refractivity contribution in [2.75, 3.05) is 13.1 Å². The summed E-state index contributed by atoms with van der Waals surface area (Å²) in [6, 6.07) is 19.2. The van der Waals surface area contributed by atoms with Gasteiger partial charge in [-0.05, 0) is 99.3 Å². The van der Waals surface area contributed by atoms with E-state index in [0.717, 1.165) is 45.1 Å². The van der Waals surface area contributed by atoms with Gasteiger partial charge in [-0.1, -0.05) is 54.6 Å². The van der Waals surface area contributed by atoms with Crippen molar-refractivity contribution in [3.05, 3.63) is 71.3 Å². The van der Waals surface area contributed by atoms with E-state index in [-0.39, 0.29) is 11.7 Å². The summed E-state index contributed by atoms with van der Waals surface area (Å²) in [4.78, 5) is 24.1. The Bertz CT molecular complexity index is 892. The fourth-order valence-corrected chi connectivity index (χ4v) is 4.97. The number of hydrogen-bond donors (Lipinski definition) is 2. The van der Waals surface area contributed by atoms with E-state index in [9.17, 15) is 9.59 Å². The maximum atomic E-state index is 12.3. The first-order chi connectivity index (χ1) is 16.5. The first-order valence-corrected chi connectivity index (χ1v) is 13.1. The summed E-state index contributed by atoms with van der Waals surface area (Å²) >= 11 is 0. The van der Waals surface area contributed by atoms with E-state index in [2.05, 4.69) is 53.8 Å². The molecule has 1 amide bonds. The third-order valence-electron chi connectivity index (χ3n) is 7.08. The average molecular weight is 463 g/mol. The Hall–Kier alpha value is -2.46. The van der Waals surface area contributed by atoms with Crippen LogP contribution in [0.4, 0.5) is 0 Å². The highest BCUT2D eigenvalue weighted by molar-refractivity contribution is 5.76. The van der Waals surface area contributed by atoms with Gasteiger partial charge in [-0.15, -0.1) is 0 Å². The van der Waals surface area contributed by atoms with Crippen molar-refractivity contribution < 1.29 is 9.59 Å². The Balaban J connectivity index is 1.41. The lowest BCUT2D eigenvalue weighted by molar-refractivity contribution is -0.121. The zero-order valence-corrected chi connectivity index (χ0v) is 20.8. The highest BCUT2D eigenvalue weighted by atomic mass is 16.1. The molecule has 0 bridgehead atoms. The molecule has 2 unspecified atom stereocenters. The predicted molar refractivity (Wildman–Crippen MR) is 140 cm³/mol. The molecule has 2 aromatic rings. The second-order valence-electron chi connectivity index (χ2n) is 10.1. The zero-order chi connectivity index (χ0) is 24.2. The minimum Gasteiger partial charge on any atom is -0.356 e. The number of hydrogen-bond acceptors (Lipinski definition) is 3. The van der Waals surface area contributed by atoms with E-state index < -0.39 is 0 Å². The van der Waals surface area contributed by atoms with Gasteiger partial charge in [0.25, 0.3) is 0 Å². The van der Waals surface area contributed by atoms with Crippen LogP contribution in [-0.2, 0) is 22.4 Å². The van der Waals surface area contributed by atoms with Crippen molar-refractivity contribution in [1.29, 1.82) is 0 Å². The normalized spacial score (nSPS) is 15.0. The first-order valence-electron chi connectivity index (χ1n) is 13.1. The molecule has 1 saturated carbocycles. The Morgan fingerprint density at radius 2 is 1.74 bits per heavy atom. The lowest BCUT2D eigenvalue weighted by atomic mass is 9.87. The van der Waals surface area contributed by atoms with Gasteiger partial charge in [0, 0.05) is 19.4 Å². The van der Waals surface area contributed by atoms with Gasteiger partial charge in [0.05, 0.1) is 0 Å². The molecule has 1 aliphatic rings. The average Bonchev–Trinajstić information content (AvgIpc) is 3.68. The molecular weight excluding hydrogens is 420 g/mol. The lowest BCUT2D eigenvalue weighted by Gasteiger charge is -2.18. The van der Waals surface area contributed by atoms with Crippen LogP contribution in [0.25, 0.3) is 0 Å². The topological polar surface area (TPSA) is 72.2 Å². The molecule has 0 heterocycles. The van der Waals surface area contributed by atoms with E-state index in [1.807, 2.05) is 6.07 Å². The van der Waals surface area contributed by atoms with Crippen LogP contribution in [0.5, 0.6) is 0 Å². The van der Waals surface area contributed by atoms with E-state index in [0.29, 0.717) is 37.1 Å². The molecule has 0 radical (unpaired) electrons. The van der Waals surface area contributed by atoms with Crippen LogP contribution in [0, 0.1) is 11.8 Å². The number of aryl methyl sites for hydroxylation is 2. The van der Waals surface area contributed by atoms with Crippen LogP contribution in [0.1, 0.15) is 80.9 Å². The summed E-state index contributed by atoms with van der Waals surface area (Å²) in [6.45, 7) is 3.09. The second kappa shape index (κ2) is 14.1. The molecule has 0 saturated heterocycles. The maximum absolute atomic E-state index is 12.3. The van der Waals surface area contributed by atoms with E-state index >= 15 is 0 Å². The third kappa shape index (κ3) is 9.42. The molecule has 1 aliphatic carbocycles. The molecule has 0 aromatic heterocycles. The van der Waals surface area contributed by atoms with Crippen LogP contribution in [0.3, 0.4) is 0 Å². The predicted octanol–water partition coefficient (Wildman–Crippen LogP) is 5.59. The highest BCUT2D eigenvalue weighted by Crippen LogP contribution is 2.44. The van der Waals surface area contributed by atoms with Gasteiger partial charge in [-0.25, -0.2) is 0 Å². The quantitative estimate of drug-likeness (QED) is 0.320. The number of carbonyl (C=O) groups excluding carboxylic acids is 2. The molecule has 0 aliphatic heterocycles. The van der Waals surface area contributed by atoms with Crippen LogP contribution >= 0.6 is 0 Å². The number of nitrogens with one attached hydrogen (secondary N) is 1. The molecule has 34 heavy (non-hydrogen) atoms. The summed E-state index contributed by atoms with van der Waals surface area (Å²) in [5.74, 6) is 1.94. The zero-order valence-electron chi connectivity index (χ0n) is 20.8. The Labute approximate surface area is 205 Å². The molecule has 4 nitrogen and oxygen atoms in total. The highest BCUT2D eigenvalue weighted by Gasteiger charge is 2.33. The molecule has 2 aromatic carbocycles. The minimum absolute atomic E-state index is 0.147. The Kier molecular flexibility index (Phi) is 10.8. The van der Waals surface area contributed by atoms with Gasteiger partial charge >= 0.3 is 0 Å². The van der Waals surface area contributed by atoms with Crippen LogP contribution in [0.2, 0.25) is 0 Å². The van der Waals surface area contributed by atoms with Crippen molar-refractivity contribution in [1.82, 2.24) is 5.32 Å². The second-order valence-corrected chi connectivity index (χ2v) is 10.1. The maximum Gasteiger partial charge on any atom is 0.220 e. The fraction of sp³-hybridized carbons (Fsp3) is 0.533. The number of Topliss-reactive ketones (excluding diaryl/α,β-unsaturated/α-hetero) is 1. The number of ketones is 1. The summed E-state index contributed by atoms with van der Waals surface area (Å²) in [5.41, 5.74) is 9.84. The molecule has 4 heteroatoms. The van der Waals surface area contributed by atoms with Gasteiger partial charge in [-0.2, -0.15) is 0 Å². The number of benzene rings is 2.